The second-order valence-electron chi connectivity index (χ2n) is 7.18. The standard InChI is InChI=1S/C25H25FN2O4/c26-19-16-17(14-15-22(19)29)25(31)23(32-18-8-2-1-3-9-18)12-6-7-13-24(30)28-21-11-5-4-10-20(21)27/h1-5,7-11,13-16,23,25,29,31H,6,12,27H2,(H,28,30)/b13-7+/t23-,25-/m0/s1. The summed E-state index contributed by atoms with van der Waals surface area (Å²) in [6.07, 6.45) is 1.98. The van der Waals surface area contributed by atoms with Crippen LogP contribution in [0.25, 0.3) is 0 Å². The van der Waals surface area contributed by atoms with Crippen molar-refractivity contribution in [1.29, 1.82) is 0 Å². The molecule has 2 atom stereocenters. The number of anilines is 2. The van der Waals surface area contributed by atoms with Gasteiger partial charge in [0.2, 0.25) is 5.91 Å². The Bertz CT molecular complexity index is 1070. The SMILES string of the molecule is Nc1ccccc1NC(=O)/C=C/CC[C@H](Oc1ccccc1)[C@@H](O)c1ccc(O)c(F)c1. The predicted octanol–water partition coefficient (Wildman–Crippen LogP) is 4.57. The topological polar surface area (TPSA) is 105 Å². The Morgan fingerprint density at radius 3 is 2.53 bits per heavy atom. The molecule has 0 unspecified atom stereocenters. The molecule has 1 amide bonds. The molecule has 0 heterocycles. The summed E-state index contributed by atoms with van der Waals surface area (Å²) >= 11 is 0. The molecule has 3 aromatic carbocycles. The number of benzene rings is 3. The lowest BCUT2D eigenvalue weighted by atomic mass is 10.00. The number of rotatable bonds is 9. The first-order chi connectivity index (χ1) is 15.4. The Hall–Kier alpha value is -3.84. The van der Waals surface area contributed by atoms with Crippen molar-refractivity contribution in [3.63, 3.8) is 0 Å². The number of nitrogens with two attached hydrogens (primary N) is 1. The van der Waals surface area contributed by atoms with Gasteiger partial charge >= 0.3 is 0 Å². The third-order valence-electron chi connectivity index (χ3n) is 4.80. The van der Waals surface area contributed by atoms with Gasteiger partial charge in [0.25, 0.3) is 0 Å². The number of carbonyl (C=O) groups is 1. The molecule has 0 aromatic heterocycles. The van der Waals surface area contributed by atoms with Gasteiger partial charge in [0.1, 0.15) is 18.0 Å². The minimum Gasteiger partial charge on any atom is -0.505 e. The van der Waals surface area contributed by atoms with Crippen LogP contribution in [0.5, 0.6) is 11.5 Å². The number of aromatic hydroxyl groups is 1. The van der Waals surface area contributed by atoms with Gasteiger partial charge in [-0.2, -0.15) is 0 Å². The lowest BCUT2D eigenvalue weighted by Gasteiger charge is -2.24. The summed E-state index contributed by atoms with van der Waals surface area (Å²) in [7, 11) is 0. The second kappa shape index (κ2) is 11.0. The van der Waals surface area contributed by atoms with E-state index in [0.29, 0.717) is 30.0 Å². The van der Waals surface area contributed by atoms with Crippen LogP contribution in [0.3, 0.4) is 0 Å². The van der Waals surface area contributed by atoms with Crippen molar-refractivity contribution in [3.05, 3.63) is 96.3 Å². The van der Waals surface area contributed by atoms with E-state index in [-0.39, 0.29) is 11.5 Å². The number of nitrogens with one attached hydrogen (secondary N) is 1. The van der Waals surface area contributed by atoms with E-state index in [4.69, 9.17) is 10.5 Å². The number of nitrogen functional groups attached to an aromatic ring is 1. The predicted molar refractivity (Wildman–Crippen MR) is 122 cm³/mol. The average Bonchev–Trinajstić information content (AvgIpc) is 2.79. The number of halogens is 1. The largest absolute Gasteiger partial charge is 0.505 e. The molecule has 3 rings (SSSR count). The van der Waals surface area contributed by atoms with Gasteiger partial charge in [-0.3, -0.25) is 4.79 Å². The van der Waals surface area contributed by atoms with Gasteiger partial charge in [-0.1, -0.05) is 42.5 Å². The minimum absolute atomic E-state index is 0.280. The highest BCUT2D eigenvalue weighted by Crippen LogP contribution is 2.28. The third kappa shape index (κ3) is 6.33. The van der Waals surface area contributed by atoms with E-state index in [9.17, 15) is 19.4 Å². The molecule has 5 N–H and O–H groups in total. The van der Waals surface area contributed by atoms with Crippen LogP contribution in [0.1, 0.15) is 24.5 Å². The highest BCUT2D eigenvalue weighted by atomic mass is 19.1. The highest BCUT2D eigenvalue weighted by Gasteiger charge is 2.23. The molecule has 6 nitrogen and oxygen atoms in total. The Balaban J connectivity index is 1.65. The summed E-state index contributed by atoms with van der Waals surface area (Å²) < 4.78 is 19.7. The van der Waals surface area contributed by atoms with Crippen LogP contribution in [0.2, 0.25) is 0 Å². The fraction of sp³-hybridized carbons (Fsp3) is 0.160. The number of hydrogen-bond donors (Lipinski definition) is 4. The number of phenolic OH excluding ortho intramolecular Hbond substituents is 1. The van der Waals surface area contributed by atoms with Gasteiger partial charge in [0.05, 0.1) is 11.4 Å². The zero-order chi connectivity index (χ0) is 22.9. The van der Waals surface area contributed by atoms with E-state index >= 15 is 0 Å². The van der Waals surface area contributed by atoms with E-state index in [0.717, 1.165) is 6.07 Å². The lowest BCUT2D eigenvalue weighted by molar-refractivity contribution is -0.111. The van der Waals surface area contributed by atoms with E-state index in [1.165, 1.54) is 18.2 Å². The summed E-state index contributed by atoms with van der Waals surface area (Å²) in [5.41, 5.74) is 7.09. The van der Waals surface area contributed by atoms with Gasteiger partial charge in [0.15, 0.2) is 11.6 Å². The Morgan fingerprint density at radius 2 is 1.81 bits per heavy atom. The molecular weight excluding hydrogens is 411 g/mol. The van der Waals surface area contributed by atoms with Gasteiger partial charge in [0, 0.05) is 0 Å². The number of ether oxygens (including phenoxy) is 1. The van der Waals surface area contributed by atoms with Gasteiger partial charge in [-0.05, 0) is 60.9 Å². The van der Waals surface area contributed by atoms with Crippen LogP contribution in [0.15, 0.2) is 84.9 Å². The van der Waals surface area contributed by atoms with Crippen LogP contribution in [0.4, 0.5) is 15.8 Å². The van der Waals surface area contributed by atoms with Crippen molar-refractivity contribution in [3.8, 4) is 11.5 Å². The third-order valence-corrected chi connectivity index (χ3v) is 4.80. The molecule has 0 aliphatic rings. The van der Waals surface area contributed by atoms with Crippen molar-refractivity contribution in [2.75, 3.05) is 11.1 Å². The van der Waals surface area contributed by atoms with Crippen LogP contribution in [-0.2, 0) is 4.79 Å². The van der Waals surface area contributed by atoms with Gasteiger partial charge in [-0.15, -0.1) is 0 Å². The summed E-state index contributed by atoms with van der Waals surface area (Å²) in [5, 5.41) is 22.9. The fourth-order valence-electron chi connectivity index (χ4n) is 3.11. The molecule has 0 fully saturated rings. The summed E-state index contributed by atoms with van der Waals surface area (Å²) in [4.78, 5) is 12.1. The molecular formula is C25H25FN2O4. The maximum absolute atomic E-state index is 13.8. The molecule has 0 spiro atoms. The number of carbonyl (C=O) groups excluding carboxylic acids is 1. The molecule has 0 bridgehead atoms. The van der Waals surface area contributed by atoms with Crippen molar-refractivity contribution in [2.24, 2.45) is 0 Å². The van der Waals surface area contributed by atoms with E-state index in [1.54, 1.807) is 54.6 Å². The van der Waals surface area contributed by atoms with Crippen LogP contribution >= 0.6 is 0 Å². The Labute approximate surface area is 185 Å². The second-order valence-corrected chi connectivity index (χ2v) is 7.18. The first-order valence-corrected chi connectivity index (χ1v) is 10.1. The number of allylic oxidation sites excluding steroid dienone is 1. The van der Waals surface area contributed by atoms with Crippen LogP contribution in [-0.4, -0.2) is 22.2 Å². The summed E-state index contributed by atoms with van der Waals surface area (Å²) in [6, 6.07) is 19.6. The molecule has 0 aliphatic carbocycles. The first-order valence-electron chi connectivity index (χ1n) is 10.1. The smallest absolute Gasteiger partial charge is 0.248 e. The monoisotopic (exact) mass is 436 g/mol. The quantitative estimate of drug-likeness (QED) is 0.291. The first kappa shape index (κ1) is 22.8. The van der Waals surface area contributed by atoms with Crippen molar-refractivity contribution in [1.82, 2.24) is 0 Å². The maximum atomic E-state index is 13.8. The highest BCUT2D eigenvalue weighted by molar-refractivity contribution is 6.01. The number of hydrogen-bond acceptors (Lipinski definition) is 5. The van der Waals surface area contributed by atoms with E-state index in [2.05, 4.69) is 5.32 Å². The van der Waals surface area contributed by atoms with Crippen molar-refractivity contribution >= 4 is 17.3 Å². The molecule has 32 heavy (non-hydrogen) atoms. The molecule has 3 aromatic rings. The van der Waals surface area contributed by atoms with Crippen LogP contribution in [0, 0.1) is 5.82 Å². The van der Waals surface area contributed by atoms with E-state index < -0.39 is 23.8 Å². The van der Waals surface area contributed by atoms with Crippen molar-refractivity contribution < 1.29 is 24.1 Å². The zero-order valence-electron chi connectivity index (χ0n) is 17.3. The van der Waals surface area contributed by atoms with Gasteiger partial charge in [-0.25, -0.2) is 4.39 Å². The lowest BCUT2D eigenvalue weighted by Crippen LogP contribution is -2.25. The summed E-state index contributed by atoms with van der Waals surface area (Å²) in [5.74, 6) is -1.09. The molecule has 0 saturated heterocycles. The Morgan fingerprint density at radius 1 is 1.09 bits per heavy atom. The maximum Gasteiger partial charge on any atom is 0.248 e. The number of aliphatic hydroxyl groups is 1. The molecule has 0 aliphatic heterocycles. The molecule has 7 heteroatoms. The zero-order valence-corrected chi connectivity index (χ0v) is 17.3. The van der Waals surface area contributed by atoms with E-state index in [1.807, 2.05) is 6.07 Å². The fourth-order valence-corrected chi connectivity index (χ4v) is 3.11. The van der Waals surface area contributed by atoms with Gasteiger partial charge < -0.3 is 26.0 Å². The summed E-state index contributed by atoms with van der Waals surface area (Å²) in [6.45, 7) is 0. The number of para-hydroxylation sites is 3. The molecule has 0 saturated carbocycles. The van der Waals surface area contributed by atoms with Crippen LogP contribution < -0.4 is 15.8 Å². The number of phenols is 1. The normalized spacial score (nSPS) is 12.9. The molecule has 166 valence electrons. The minimum atomic E-state index is -1.14. The molecule has 0 radical (unpaired) electrons. The number of aliphatic hydroxyl groups excluding tert-OH is 1. The average molecular weight is 436 g/mol. The number of amides is 1. The van der Waals surface area contributed by atoms with Crippen molar-refractivity contribution in [2.45, 2.75) is 25.0 Å². The Kier molecular flexibility index (Phi) is 7.83.